The lowest BCUT2D eigenvalue weighted by atomic mass is 10.2. The molecule has 2 rings (SSSR count). The van der Waals surface area contributed by atoms with E-state index in [0.717, 1.165) is 32.5 Å². The second-order valence-electron chi connectivity index (χ2n) is 4.35. The molecule has 20 heavy (non-hydrogen) atoms. The average Bonchev–Trinajstić information content (AvgIpc) is 2.43. The Bertz CT molecular complexity index is 634. The Labute approximate surface area is 139 Å². The number of anilines is 1. The average molecular weight is 450 g/mol. The van der Waals surface area contributed by atoms with Crippen LogP contribution in [-0.2, 0) is 0 Å². The van der Waals surface area contributed by atoms with E-state index in [1.54, 1.807) is 6.07 Å². The van der Waals surface area contributed by atoms with Crippen molar-refractivity contribution in [1.82, 2.24) is 9.97 Å². The first-order chi connectivity index (χ1) is 9.52. The van der Waals surface area contributed by atoms with Crippen LogP contribution in [0.5, 0.6) is 0 Å². The van der Waals surface area contributed by atoms with E-state index in [4.69, 9.17) is 0 Å². The molecule has 1 heterocycles. The predicted molar refractivity (Wildman–Crippen MR) is 91.4 cm³/mol. The summed E-state index contributed by atoms with van der Waals surface area (Å²) in [5.41, 5.74) is 1.54. The lowest BCUT2D eigenvalue weighted by molar-refractivity contribution is 0.628. The van der Waals surface area contributed by atoms with Crippen molar-refractivity contribution >= 4 is 44.3 Å². The number of aryl methyl sites for hydroxylation is 1. The number of nitrogens with one attached hydrogen (secondary N) is 1. The number of nitrogens with zero attached hydrogens (tertiary/aromatic N) is 2. The van der Waals surface area contributed by atoms with Gasteiger partial charge < -0.3 is 5.32 Å². The van der Waals surface area contributed by atoms with Crippen LogP contribution in [0, 0.1) is 16.3 Å². The molecule has 0 saturated carbocycles. The Morgan fingerprint density at radius 2 is 2.10 bits per heavy atom. The zero-order chi connectivity index (χ0) is 14.7. The molecule has 0 spiro atoms. The maximum absolute atomic E-state index is 13.4. The van der Waals surface area contributed by atoms with E-state index < -0.39 is 0 Å². The number of hydrogen-bond donors (Lipinski definition) is 1. The van der Waals surface area contributed by atoms with Gasteiger partial charge in [0.2, 0.25) is 0 Å². The molecule has 1 aromatic heterocycles. The zero-order valence-electron chi connectivity index (χ0n) is 11.2. The van der Waals surface area contributed by atoms with Gasteiger partial charge in [0, 0.05) is 16.6 Å². The Hall–Kier alpha value is -0.760. The minimum Gasteiger partial charge on any atom is -0.369 e. The first-order valence-electron chi connectivity index (χ1n) is 6.26. The van der Waals surface area contributed by atoms with Gasteiger partial charge in [0.1, 0.15) is 11.6 Å². The SMILES string of the molecule is CCCNc1nc(-c2cc(F)ccc2Br)nc(C)c1I. The van der Waals surface area contributed by atoms with E-state index in [0.29, 0.717) is 11.4 Å². The maximum atomic E-state index is 13.4. The Kier molecular flexibility index (Phi) is 5.31. The van der Waals surface area contributed by atoms with Gasteiger partial charge >= 0.3 is 0 Å². The molecule has 0 amide bonds. The van der Waals surface area contributed by atoms with E-state index in [1.807, 2.05) is 6.92 Å². The van der Waals surface area contributed by atoms with Gasteiger partial charge in [-0.2, -0.15) is 0 Å². The van der Waals surface area contributed by atoms with Gasteiger partial charge in [0.05, 0.1) is 9.26 Å². The third-order valence-electron chi connectivity index (χ3n) is 2.73. The summed E-state index contributed by atoms with van der Waals surface area (Å²) in [5.74, 6) is 1.02. The van der Waals surface area contributed by atoms with Gasteiger partial charge in [-0.3, -0.25) is 0 Å². The normalized spacial score (nSPS) is 10.7. The van der Waals surface area contributed by atoms with Crippen LogP contribution in [0.3, 0.4) is 0 Å². The van der Waals surface area contributed by atoms with Gasteiger partial charge in [0.15, 0.2) is 5.82 Å². The summed E-state index contributed by atoms with van der Waals surface area (Å²) in [6.45, 7) is 4.87. The fraction of sp³-hybridized carbons (Fsp3) is 0.286. The molecule has 0 saturated heterocycles. The van der Waals surface area contributed by atoms with Gasteiger partial charge in [-0.1, -0.05) is 22.9 Å². The number of rotatable bonds is 4. The molecule has 1 N–H and O–H groups in total. The largest absolute Gasteiger partial charge is 0.369 e. The number of benzene rings is 1. The van der Waals surface area contributed by atoms with Crippen molar-refractivity contribution in [3.05, 3.63) is 37.8 Å². The lowest BCUT2D eigenvalue weighted by Gasteiger charge is -2.11. The Morgan fingerprint density at radius 3 is 2.80 bits per heavy atom. The first-order valence-corrected chi connectivity index (χ1v) is 8.13. The van der Waals surface area contributed by atoms with Gasteiger partial charge in [-0.05, 0) is 54.1 Å². The highest BCUT2D eigenvalue weighted by molar-refractivity contribution is 14.1. The maximum Gasteiger partial charge on any atom is 0.163 e. The molecule has 0 fully saturated rings. The highest BCUT2D eigenvalue weighted by atomic mass is 127. The second kappa shape index (κ2) is 6.80. The van der Waals surface area contributed by atoms with Crippen LogP contribution in [0.15, 0.2) is 22.7 Å². The fourth-order valence-electron chi connectivity index (χ4n) is 1.71. The summed E-state index contributed by atoms with van der Waals surface area (Å²) < 4.78 is 15.2. The topological polar surface area (TPSA) is 37.8 Å². The molecule has 1 aromatic carbocycles. The Morgan fingerprint density at radius 1 is 1.35 bits per heavy atom. The molecule has 0 radical (unpaired) electrons. The monoisotopic (exact) mass is 449 g/mol. The summed E-state index contributed by atoms with van der Waals surface area (Å²) in [5, 5.41) is 3.28. The molecular weight excluding hydrogens is 436 g/mol. The minimum atomic E-state index is -0.300. The summed E-state index contributed by atoms with van der Waals surface area (Å²) in [7, 11) is 0. The standard InChI is InChI=1S/C14H14BrFIN3/c1-3-6-18-14-12(17)8(2)19-13(20-14)10-7-9(16)4-5-11(10)15/h4-5,7H,3,6H2,1-2H3,(H,18,19,20). The number of halogens is 3. The molecule has 106 valence electrons. The third-order valence-corrected chi connectivity index (χ3v) is 4.71. The zero-order valence-corrected chi connectivity index (χ0v) is 14.9. The van der Waals surface area contributed by atoms with Crippen molar-refractivity contribution in [3.8, 4) is 11.4 Å². The summed E-state index contributed by atoms with van der Waals surface area (Å²) >= 11 is 5.64. The van der Waals surface area contributed by atoms with Crippen LogP contribution in [0.4, 0.5) is 10.2 Å². The molecule has 0 aliphatic carbocycles. The van der Waals surface area contributed by atoms with Crippen LogP contribution in [0.25, 0.3) is 11.4 Å². The minimum absolute atomic E-state index is 0.300. The van der Waals surface area contributed by atoms with Crippen LogP contribution >= 0.6 is 38.5 Å². The van der Waals surface area contributed by atoms with Crippen molar-refractivity contribution in [2.75, 3.05) is 11.9 Å². The van der Waals surface area contributed by atoms with Crippen LogP contribution < -0.4 is 5.32 Å². The van der Waals surface area contributed by atoms with Gasteiger partial charge in [-0.25, -0.2) is 14.4 Å². The number of aromatic nitrogens is 2. The first kappa shape index (κ1) is 15.6. The molecule has 0 aliphatic rings. The summed E-state index contributed by atoms with van der Waals surface area (Å²) in [6.07, 6.45) is 1.01. The van der Waals surface area contributed by atoms with Crippen molar-refractivity contribution in [2.45, 2.75) is 20.3 Å². The van der Waals surface area contributed by atoms with E-state index in [2.05, 4.69) is 60.7 Å². The number of hydrogen-bond acceptors (Lipinski definition) is 3. The highest BCUT2D eigenvalue weighted by Gasteiger charge is 2.13. The molecule has 0 bridgehead atoms. The molecule has 3 nitrogen and oxygen atoms in total. The van der Waals surface area contributed by atoms with Gasteiger partial charge in [-0.15, -0.1) is 0 Å². The van der Waals surface area contributed by atoms with E-state index in [1.165, 1.54) is 12.1 Å². The molecule has 6 heteroatoms. The predicted octanol–water partition coefficient (Wildman–Crippen LogP) is 4.78. The third kappa shape index (κ3) is 3.46. The molecule has 0 atom stereocenters. The van der Waals surface area contributed by atoms with E-state index >= 15 is 0 Å². The summed E-state index contributed by atoms with van der Waals surface area (Å²) in [4.78, 5) is 8.97. The molecular formula is C14H14BrFIN3. The lowest BCUT2D eigenvalue weighted by Crippen LogP contribution is -2.07. The van der Waals surface area contributed by atoms with Crippen molar-refractivity contribution in [2.24, 2.45) is 0 Å². The quantitative estimate of drug-likeness (QED) is 0.682. The van der Waals surface area contributed by atoms with Crippen LogP contribution in [0.1, 0.15) is 19.0 Å². The van der Waals surface area contributed by atoms with E-state index in [9.17, 15) is 4.39 Å². The van der Waals surface area contributed by atoms with Crippen molar-refractivity contribution in [3.63, 3.8) is 0 Å². The Balaban J connectivity index is 2.51. The smallest absolute Gasteiger partial charge is 0.163 e. The van der Waals surface area contributed by atoms with Crippen LogP contribution in [0.2, 0.25) is 0 Å². The molecule has 0 aliphatic heterocycles. The van der Waals surface area contributed by atoms with Crippen molar-refractivity contribution < 1.29 is 4.39 Å². The van der Waals surface area contributed by atoms with E-state index in [-0.39, 0.29) is 5.82 Å². The highest BCUT2D eigenvalue weighted by Crippen LogP contribution is 2.29. The molecule has 2 aromatic rings. The second-order valence-corrected chi connectivity index (χ2v) is 6.28. The van der Waals surface area contributed by atoms with Gasteiger partial charge in [0.25, 0.3) is 0 Å². The van der Waals surface area contributed by atoms with Crippen LogP contribution in [-0.4, -0.2) is 16.5 Å². The fourth-order valence-corrected chi connectivity index (χ4v) is 2.56. The molecule has 0 unspecified atom stereocenters. The summed E-state index contributed by atoms with van der Waals surface area (Å²) in [6, 6.07) is 4.51. The van der Waals surface area contributed by atoms with Crippen molar-refractivity contribution in [1.29, 1.82) is 0 Å².